The van der Waals surface area contributed by atoms with Gasteiger partial charge in [0.15, 0.2) is 5.13 Å². The molecule has 0 aromatic carbocycles. The summed E-state index contributed by atoms with van der Waals surface area (Å²) in [7, 11) is 0. The molecular weight excluding hydrogens is 264 g/mol. The van der Waals surface area contributed by atoms with E-state index in [-0.39, 0.29) is 4.74 Å². The van der Waals surface area contributed by atoms with E-state index >= 15 is 0 Å². The Labute approximate surface area is 115 Å². The molecule has 5 heteroatoms. The van der Waals surface area contributed by atoms with Gasteiger partial charge in [0.25, 0.3) is 0 Å². The van der Waals surface area contributed by atoms with Crippen LogP contribution in [0.4, 0.5) is 5.13 Å². The normalized spacial score (nSPS) is 11.4. The summed E-state index contributed by atoms with van der Waals surface area (Å²) in [6, 6.07) is 0. The zero-order valence-corrected chi connectivity index (χ0v) is 12.8. The number of hydrogen-bond donors (Lipinski definition) is 0. The molecule has 0 spiro atoms. The standard InChI is InChI=1S/C13H18N2OS2/c1-5-15(6-2)13-14-11-10(12(16)18-13)9(7-17-11)8(3)4/h7-8H,5-6H2,1-4H3. The van der Waals surface area contributed by atoms with E-state index in [2.05, 4.69) is 43.0 Å². The quantitative estimate of drug-likeness (QED) is 0.857. The van der Waals surface area contributed by atoms with Crippen molar-refractivity contribution >= 4 is 38.0 Å². The second-order valence-electron chi connectivity index (χ2n) is 4.48. The van der Waals surface area contributed by atoms with Crippen LogP contribution in [0.5, 0.6) is 0 Å². The van der Waals surface area contributed by atoms with E-state index in [0.717, 1.165) is 34.0 Å². The summed E-state index contributed by atoms with van der Waals surface area (Å²) < 4.78 is 0.145. The van der Waals surface area contributed by atoms with E-state index in [4.69, 9.17) is 0 Å². The molecule has 0 radical (unpaired) electrons. The van der Waals surface area contributed by atoms with Crippen molar-refractivity contribution in [2.24, 2.45) is 0 Å². The fourth-order valence-electron chi connectivity index (χ4n) is 1.95. The summed E-state index contributed by atoms with van der Waals surface area (Å²) in [5.74, 6) is 0.375. The average molecular weight is 282 g/mol. The van der Waals surface area contributed by atoms with Crippen LogP contribution in [0.25, 0.3) is 10.2 Å². The highest BCUT2D eigenvalue weighted by molar-refractivity contribution is 7.19. The molecule has 98 valence electrons. The second-order valence-corrected chi connectivity index (χ2v) is 6.28. The van der Waals surface area contributed by atoms with E-state index in [1.807, 2.05) is 0 Å². The van der Waals surface area contributed by atoms with Crippen LogP contribution in [0.2, 0.25) is 0 Å². The van der Waals surface area contributed by atoms with Crippen LogP contribution in [0, 0.1) is 0 Å². The van der Waals surface area contributed by atoms with E-state index in [1.54, 1.807) is 11.3 Å². The Balaban J connectivity index is 2.62. The Morgan fingerprint density at radius 1 is 1.33 bits per heavy atom. The molecule has 0 aliphatic heterocycles. The van der Waals surface area contributed by atoms with Crippen molar-refractivity contribution in [2.45, 2.75) is 33.6 Å². The van der Waals surface area contributed by atoms with Crippen molar-refractivity contribution < 1.29 is 0 Å². The first-order valence-corrected chi connectivity index (χ1v) is 7.95. The highest BCUT2D eigenvalue weighted by atomic mass is 32.1. The first kappa shape index (κ1) is 13.5. The molecule has 2 aromatic rings. The lowest BCUT2D eigenvalue weighted by molar-refractivity contribution is 0.860. The van der Waals surface area contributed by atoms with Gasteiger partial charge in [0.1, 0.15) is 4.83 Å². The van der Waals surface area contributed by atoms with Crippen LogP contribution >= 0.6 is 22.7 Å². The van der Waals surface area contributed by atoms with Crippen LogP contribution in [-0.2, 0) is 0 Å². The number of nitrogens with zero attached hydrogens (tertiary/aromatic N) is 2. The van der Waals surface area contributed by atoms with Crippen molar-refractivity contribution in [1.82, 2.24) is 4.98 Å². The zero-order valence-electron chi connectivity index (χ0n) is 11.2. The van der Waals surface area contributed by atoms with Crippen LogP contribution in [0.3, 0.4) is 0 Å². The Hall–Kier alpha value is -0.940. The molecule has 0 atom stereocenters. The Morgan fingerprint density at radius 2 is 2.00 bits per heavy atom. The minimum atomic E-state index is 0.145. The van der Waals surface area contributed by atoms with E-state index in [0.29, 0.717) is 5.92 Å². The van der Waals surface area contributed by atoms with Crippen LogP contribution in [0.1, 0.15) is 39.2 Å². The van der Waals surface area contributed by atoms with Gasteiger partial charge in [-0.1, -0.05) is 25.2 Å². The Kier molecular flexibility index (Phi) is 4.02. The van der Waals surface area contributed by atoms with Crippen molar-refractivity contribution in [3.05, 3.63) is 20.5 Å². The van der Waals surface area contributed by atoms with Crippen molar-refractivity contribution in [1.29, 1.82) is 0 Å². The maximum Gasteiger partial charge on any atom is 0.246 e. The van der Waals surface area contributed by atoms with Gasteiger partial charge in [-0.3, -0.25) is 4.79 Å². The molecule has 18 heavy (non-hydrogen) atoms. The highest BCUT2D eigenvalue weighted by Crippen LogP contribution is 2.30. The van der Waals surface area contributed by atoms with Crippen molar-refractivity contribution in [3.63, 3.8) is 0 Å². The predicted octanol–water partition coefficient (Wildman–Crippen LogP) is 3.69. The maximum atomic E-state index is 12.3. The summed E-state index contributed by atoms with van der Waals surface area (Å²) in [4.78, 5) is 19.9. The van der Waals surface area contributed by atoms with Gasteiger partial charge in [0.2, 0.25) is 4.74 Å². The van der Waals surface area contributed by atoms with E-state index in [9.17, 15) is 4.79 Å². The van der Waals surface area contributed by atoms with Gasteiger partial charge < -0.3 is 4.90 Å². The first-order chi connectivity index (χ1) is 8.58. The average Bonchev–Trinajstić information content (AvgIpc) is 2.75. The van der Waals surface area contributed by atoms with Gasteiger partial charge in [-0.2, -0.15) is 0 Å². The lowest BCUT2D eigenvalue weighted by Gasteiger charge is -2.18. The summed E-state index contributed by atoms with van der Waals surface area (Å²) in [5.41, 5.74) is 1.13. The van der Waals surface area contributed by atoms with E-state index < -0.39 is 0 Å². The lowest BCUT2D eigenvalue weighted by Crippen LogP contribution is -2.23. The zero-order chi connectivity index (χ0) is 13.3. The summed E-state index contributed by atoms with van der Waals surface area (Å²) >= 11 is 2.84. The number of fused-ring (bicyclic) bond motifs is 1. The number of rotatable bonds is 4. The molecule has 0 N–H and O–H groups in total. The number of aromatic nitrogens is 1. The van der Waals surface area contributed by atoms with Crippen molar-refractivity contribution in [2.75, 3.05) is 18.0 Å². The third kappa shape index (κ3) is 2.29. The molecular formula is C13H18N2OS2. The molecule has 2 heterocycles. The van der Waals surface area contributed by atoms with Crippen LogP contribution in [0.15, 0.2) is 10.2 Å². The van der Waals surface area contributed by atoms with Gasteiger partial charge in [0.05, 0.1) is 5.39 Å². The summed E-state index contributed by atoms with van der Waals surface area (Å²) in [5, 5.41) is 3.74. The van der Waals surface area contributed by atoms with Crippen molar-refractivity contribution in [3.8, 4) is 0 Å². The monoisotopic (exact) mass is 282 g/mol. The number of hydrogen-bond acceptors (Lipinski definition) is 5. The molecule has 0 aliphatic carbocycles. The molecule has 0 amide bonds. The van der Waals surface area contributed by atoms with Gasteiger partial charge in [0, 0.05) is 13.1 Å². The predicted molar refractivity (Wildman–Crippen MR) is 81.4 cm³/mol. The summed E-state index contributed by atoms with van der Waals surface area (Å²) in [6.45, 7) is 10.2. The lowest BCUT2D eigenvalue weighted by atomic mass is 10.1. The smallest absolute Gasteiger partial charge is 0.246 e. The highest BCUT2D eigenvalue weighted by Gasteiger charge is 2.15. The Bertz CT molecular complexity index is 597. The van der Waals surface area contributed by atoms with Gasteiger partial charge in [-0.15, -0.1) is 11.3 Å². The minimum absolute atomic E-state index is 0.145. The second kappa shape index (κ2) is 5.36. The molecule has 0 bridgehead atoms. The van der Waals surface area contributed by atoms with Crippen LogP contribution < -0.4 is 9.64 Å². The molecule has 0 saturated carbocycles. The van der Waals surface area contributed by atoms with Crippen LogP contribution in [-0.4, -0.2) is 18.1 Å². The topological polar surface area (TPSA) is 33.2 Å². The van der Waals surface area contributed by atoms with Gasteiger partial charge in [-0.05, 0) is 30.7 Å². The van der Waals surface area contributed by atoms with Gasteiger partial charge in [-0.25, -0.2) is 4.98 Å². The van der Waals surface area contributed by atoms with Gasteiger partial charge >= 0.3 is 0 Å². The molecule has 0 aliphatic rings. The minimum Gasteiger partial charge on any atom is -0.349 e. The molecule has 0 fully saturated rings. The third-order valence-corrected chi connectivity index (χ3v) is 4.85. The fraction of sp³-hybridized carbons (Fsp3) is 0.538. The fourth-order valence-corrected chi connectivity index (χ4v) is 4.17. The molecule has 0 unspecified atom stereocenters. The number of anilines is 1. The molecule has 3 nitrogen and oxygen atoms in total. The first-order valence-electron chi connectivity index (χ1n) is 6.25. The largest absolute Gasteiger partial charge is 0.349 e. The molecule has 2 aromatic heterocycles. The molecule has 2 rings (SSSR count). The third-order valence-electron chi connectivity index (χ3n) is 3.04. The molecule has 0 saturated heterocycles. The maximum absolute atomic E-state index is 12.3. The summed E-state index contributed by atoms with van der Waals surface area (Å²) in [6.07, 6.45) is 0. The Morgan fingerprint density at radius 3 is 2.56 bits per heavy atom. The number of thiophene rings is 1. The SMILES string of the molecule is CCN(CC)c1nc2scc(C(C)C)c2c(=O)s1. The van der Waals surface area contributed by atoms with E-state index in [1.165, 1.54) is 11.3 Å².